The molecule has 0 saturated carbocycles. The summed E-state index contributed by atoms with van der Waals surface area (Å²) in [6, 6.07) is 0.966. The summed E-state index contributed by atoms with van der Waals surface area (Å²) in [6.45, 7) is 1.52. The van der Waals surface area contributed by atoms with E-state index in [1.54, 1.807) is 23.9 Å². The Hall–Kier alpha value is -1.29. The van der Waals surface area contributed by atoms with E-state index in [9.17, 15) is 8.42 Å². The molecule has 0 fully saturated rings. The van der Waals surface area contributed by atoms with Crippen LogP contribution in [0.3, 0.4) is 0 Å². The Bertz CT molecular complexity index is 662. The number of aliphatic hydroxyl groups is 1. The number of rotatable bonds is 5. The van der Waals surface area contributed by atoms with Crippen molar-refractivity contribution in [3.8, 4) is 0 Å². The molecule has 9 heteroatoms. The van der Waals surface area contributed by atoms with Crippen LogP contribution in [-0.2, 0) is 23.7 Å². The smallest absolute Gasteiger partial charge is 0.250 e. The van der Waals surface area contributed by atoms with Gasteiger partial charge in [-0.2, -0.15) is 0 Å². The van der Waals surface area contributed by atoms with Gasteiger partial charge in [0.25, 0.3) is 10.0 Å². The highest BCUT2D eigenvalue weighted by Gasteiger charge is 2.22. The highest BCUT2D eigenvalue weighted by atomic mass is 32.2. The predicted molar refractivity (Wildman–Crippen MR) is 70.0 cm³/mol. The van der Waals surface area contributed by atoms with Gasteiger partial charge in [0, 0.05) is 7.05 Å². The van der Waals surface area contributed by atoms with Crippen LogP contribution < -0.4 is 4.72 Å². The van der Waals surface area contributed by atoms with E-state index in [2.05, 4.69) is 14.9 Å². The number of hydrogen-bond donors (Lipinski definition) is 2. The molecule has 2 aromatic heterocycles. The number of aryl methyl sites for hydroxylation is 1. The van der Waals surface area contributed by atoms with Crippen molar-refractivity contribution in [3.63, 3.8) is 0 Å². The SMILES string of the molecule is CC(NS(=O)(=O)c1cc(CO)cs1)c1nncn1C. The number of nitrogens with zero attached hydrogens (tertiary/aromatic N) is 3. The second kappa shape index (κ2) is 5.37. The highest BCUT2D eigenvalue weighted by molar-refractivity contribution is 7.91. The Balaban J connectivity index is 2.20. The zero-order valence-corrected chi connectivity index (χ0v) is 12.1. The first kappa shape index (κ1) is 14.1. The second-order valence-electron chi connectivity index (χ2n) is 4.08. The Morgan fingerprint density at radius 1 is 1.58 bits per heavy atom. The van der Waals surface area contributed by atoms with Crippen LogP contribution in [0.1, 0.15) is 24.4 Å². The molecular weight excluding hydrogens is 288 g/mol. The molecular formula is C10H14N4O3S2. The number of nitrogens with one attached hydrogen (secondary N) is 1. The van der Waals surface area contributed by atoms with Gasteiger partial charge in [-0.05, 0) is 23.9 Å². The molecule has 19 heavy (non-hydrogen) atoms. The predicted octanol–water partition coefficient (Wildman–Crippen LogP) is 0.408. The van der Waals surface area contributed by atoms with Crippen molar-refractivity contribution in [1.29, 1.82) is 0 Å². The molecule has 7 nitrogen and oxygen atoms in total. The van der Waals surface area contributed by atoms with E-state index in [4.69, 9.17) is 5.11 Å². The normalized spacial score (nSPS) is 13.6. The summed E-state index contributed by atoms with van der Waals surface area (Å²) in [5.41, 5.74) is 0.580. The van der Waals surface area contributed by atoms with Crippen molar-refractivity contribution < 1.29 is 13.5 Å². The molecule has 2 N–H and O–H groups in total. The third kappa shape index (κ3) is 3.00. The summed E-state index contributed by atoms with van der Waals surface area (Å²) >= 11 is 1.07. The molecule has 0 radical (unpaired) electrons. The quantitative estimate of drug-likeness (QED) is 0.833. The Morgan fingerprint density at radius 2 is 2.32 bits per heavy atom. The maximum atomic E-state index is 12.1. The first-order valence-electron chi connectivity index (χ1n) is 5.48. The summed E-state index contributed by atoms with van der Waals surface area (Å²) in [7, 11) is -1.87. The van der Waals surface area contributed by atoms with Crippen LogP contribution in [0.2, 0.25) is 0 Å². The fraction of sp³-hybridized carbons (Fsp3) is 0.400. The average Bonchev–Trinajstić information content (AvgIpc) is 2.96. The maximum absolute atomic E-state index is 12.1. The van der Waals surface area contributed by atoms with Crippen molar-refractivity contribution in [2.45, 2.75) is 23.8 Å². The summed E-state index contributed by atoms with van der Waals surface area (Å²) in [5, 5.41) is 18.1. The summed E-state index contributed by atoms with van der Waals surface area (Å²) in [6.07, 6.45) is 1.51. The lowest BCUT2D eigenvalue weighted by Gasteiger charge is -2.12. The van der Waals surface area contributed by atoms with Crippen LogP contribution in [0, 0.1) is 0 Å². The molecule has 1 atom stereocenters. The van der Waals surface area contributed by atoms with Gasteiger partial charge in [0.2, 0.25) is 0 Å². The van der Waals surface area contributed by atoms with Gasteiger partial charge < -0.3 is 9.67 Å². The lowest BCUT2D eigenvalue weighted by Crippen LogP contribution is -2.28. The Kier molecular flexibility index (Phi) is 3.99. The van der Waals surface area contributed by atoms with Crippen LogP contribution >= 0.6 is 11.3 Å². The molecule has 0 spiro atoms. The average molecular weight is 302 g/mol. The summed E-state index contributed by atoms with van der Waals surface area (Å²) in [4.78, 5) is 0. The van der Waals surface area contributed by atoms with Gasteiger partial charge in [-0.15, -0.1) is 21.5 Å². The van der Waals surface area contributed by atoms with Crippen LogP contribution in [-0.4, -0.2) is 28.3 Å². The van der Waals surface area contributed by atoms with Crippen molar-refractivity contribution >= 4 is 21.4 Å². The van der Waals surface area contributed by atoms with Gasteiger partial charge in [0.1, 0.15) is 16.4 Å². The Morgan fingerprint density at radius 3 is 2.84 bits per heavy atom. The van der Waals surface area contributed by atoms with Crippen LogP contribution in [0.25, 0.3) is 0 Å². The van der Waals surface area contributed by atoms with E-state index in [1.165, 1.54) is 12.4 Å². The molecule has 0 aromatic carbocycles. The van der Waals surface area contributed by atoms with Gasteiger partial charge in [0.15, 0.2) is 0 Å². The van der Waals surface area contributed by atoms with Crippen LogP contribution in [0.15, 0.2) is 22.0 Å². The van der Waals surface area contributed by atoms with Crippen molar-refractivity contribution in [1.82, 2.24) is 19.5 Å². The van der Waals surface area contributed by atoms with E-state index in [1.807, 2.05) is 0 Å². The van der Waals surface area contributed by atoms with Gasteiger partial charge in [-0.3, -0.25) is 0 Å². The van der Waals surface area contributed by atoms with Gasteiger partial charge in [-0.25, -0.2) is 13.1 Å². The van der Waals surface area contributed by atoms with Gasteiger partial charge in [-0.1, -0.05) is 0 Å². The van der Waals surface area contributed by atoms with E-state index in [0.717, 1.165) is 11.3 Å². The monoisotopic (exact) mass is 302 g/mol. The molecule has 0 saturated heterocycles. The fourth-order valence-electron chi connectivity index (χ4n) is 1.60. The third-order valence-electron chi connectivity index (χ3n) is 2.54. The minimum Gasteiger partial charge on any atom is -0.392 e. The van der Waals surface area contributed by atoms with E-state index >= 15 is 0 Å². The van der Waals surface area contributed by atoms with E-state index < -0.39 is 16.1 Å². The third-order valence-corrected chi connectivity index (χ3v) is 5.57. The first-order chi connectivity index (χ1) is 8.94. The van der Waals surface area contributed by atoms with Gasteiger partial charge >= 0.3 is 0 Å². The summed E-state index contributed by atoms with van der Waals surface area (Å²) < 4.78 is 28.6. The van der Waals surface area contributed by atoms with Crippen molar-refractivity contribution in [2.24, 2.45) is 7.05 Å². The van der Waals surface area contributed by atoms with E-state index in [0.29, 0.717) is 11.4 Å². The zero-order valence-electron chi connectivity index (χ0n) is 10.4. The number of hydrogen-bond acceptors (Lipinski definition) is 6. The molecule has 0 aliphatic heterocycles. The molecule has 2 rings (SSSR count). The largest absolute Gasteiger partial charge is 0.392 e. The molecule has 0 amide bonds. The van der Waals surface area contributed by atoms with Crippen molar-refractivity contribution in [3.05, 3.63) is 29.2 Å². The van der Waals surface area contributed by atoms with Crippen LogP contribution in [0.5, 0.6) is 0 Å². The van der Waals surface area contributed by atoms with Gasteiger partial charge in [0.05, 0.1) is 12.6 Å². The number of thiophene rings is 1. The highest BCUT2D eigenvalue weighted by Crippen LogP contribution is 2.22. The molecule has 2 aromatic rings. The fourth-order valence-corrected chi connectivity index (χ4v) is 4.02. The van der Waals surface area contributed by atoms with Crippen LogP contribution in [0.4, 0.5) is 0 Å². The number of sulfonamides is 1. The van der Waals surface area contributed by atoms with E-state index in [-0.39, 0.29) is 10.8 Å². The Labute approximate surface area is 115 Å². The topological polar surface area (TPSA) is 97.1 Å². The zero-order chi connectivity index (χ0) is 14.0. The minimum atomic E-state index is -3.62. The second-order valence-corrected chi connectivity index (χ2v) is 6.93. The maximum Gasteiger partial charge on any atom is 0.250 e. The standard InChI is InChI=1S/C10H14N4O3S2/c1-7(10-12-11-6-14(10)2)13-19(16,17)9-3-8(4-15)5-18-9/h3,5-7,13,15H,4H2,1-2H3. The minimum absolute atomic E-state index is 0.172. The lowest BCUT2D eigenvalue weighted by atomic mass is 10.3. The molecule has 0 bridgehead atoms. The molecule has 2 heterocycles. The number of aliphatic hydroxyl groups excluding tert-OH is 1. The number of aromatic nitrogens is 3. The molecule has 0 aliphatic rings. The van der Waals surface area contributed by atoms with Crippen molar-refractivity contribution in [2.75, 3.05) is 0 Å². The lowest BCUT2D eigenvalue weighted by molar-refractivity contribution is 0.282. The summed E-state index contributed by atoms with van der Waals surface area (Å²) in [5.74, 6) is 0.530. The molecule has 0 aliphatic carbocycles. The molecule has 104 valence electrons. The molecule has 1 unspecified atom stereocenters. The first-order valence-corrected chi connectivity index (χ1v) is 7.85.